The number of esters is 1. The van der Waals surface area contributed by atoms with Crippen molar-refractivity contribution in [2.45, 2.75) is 19.4 Å². The number of benzene rings is 1. The van der Waals surface area contributed by atoms with Gasteiger partial charge in [-0.3, -0.25) is 9.59 Å². The second-order valence-corrected chi connectivity index (χ2v) is 5.54. The highest BCUT2D eigenvalue weighted by Crippen LogP contribution is 2.10. The highest BCUT2D eigenvalue weighted by atomic mass is 16.5. The van der Waals surface area contributed by atoms with E-state index in [1.807, 2.05) is 20.0 Å². The Kier molecular flexibility index (Phi) is 8.80. The molecule has 0 aliphatic rings. The van der Waals surface area contributed by atoms with Crippen molar-refractivity contribution in [3.05, 3.63) is 59.8 Å². The molecule has 0 spiro atoms. The normalized spacial score (nSPS) is 10.9. The third-order valence-electron chi connectivity index (χ3n) is 3.38. The first-order valence-corrected chi connectivity index (χ1v) is 8.03. The molecule has 2 aromatic rings. The van der Waals surface area contributed by atoms with Crippen LogP contribution in [0.3, 0.4) is 0 Å². The van der Waals surface area contributed by atoms with E-state index < -0.39 is 12.0 Å². The number of carbonyl (C=O) groups excluding carboxylic acids is 2. The molecule has 0 bridgehead atoms. The van der Waals surface area contributed by atoms with Crippen LogP contribution in [0.2, 0.25) is 0 Å². The molecule has 1 atom stereocenters. The van der Waals surface area contributed by atoms with E-state index in [9.17, 15) is 9.59 Å². The molecule has 0 saturated carbocycles. The summed E-state index contributed by atoms with van der Waals surface area (Å²) in [5.74, 6) is 0.344. The monoisotopic (exact) mass is 359 g/mol. The van der Waals surface area contributed by atoms with Gasteiger partial charge in [0.05, 0.1) is 12.8 Å². The van der Waals surface area contributed by atoms with Gasteiger partial charge in [-0.05, 0) is 18.9 Å². The van der Waals surface area contributed by atoms with Gasteiger partial charge < -0.3 is 15.2 Å². The van der Waals surface area contributed by atoms with Crippen LogP contribution >= 0.6 is 0 Å². The van der Waals surface area contributed by atoms with E-state index in [0.717, 1.165) is 23.4 Å². The maximum atomic E-state index is 11.0. The summed E-state index contributed by atoms with van der Waals surface area (Å²) in [6.07, 6.45) is 2.89. The predicted octanol–water partition coefficient (Wildman–Crippen LogP) is 1.84. The Morgan fingerprint density at radius 3 is 2.50 bits per heavy atom. The van der Waals surface area contributed by atoms with Crippen LogP contribution in [0.15, 0.2) is 43.0 Å². The molecule has 7 heteroatoms. The molecule has 1 aromatic carbocycles. The lowest BCUT2D eigenvalue weighted by Gasteiger charge is -2.08. The molecular formula is C19H25N3O4. The molecule has 0 amide bonds. The second kappa shape index (κ2) is 10.8. The highest BCUT2D eigenvalue weighted by Gasteiger charge is 2.13. The number of nitrogens with zero attached hydrogens (tertiary/aromatic N) is 2. The number of rotatable bonds is 7. The fourth-order valence-electron chi connectivity index (χ4n) is 2.09. The van der Waals surface area contributed by atoms with Gasteiger partial charge in [-0.25, -0.2) is 4.68 Å². The van der Waals surface area contributed by atoms with Crippen LogP contribution in [0.4, 0.5) is 0 Å². The topological polar surface area (TPSA) is 96.4 Å². The molecule has 0 aliphatic carbocycles. The zero-order valence-electron chi connectivity index (χ0n) is 15.3. The van der Waals surface area contributed by atoms with Crippen LogP contribution < -0.4 is 10.5 Å². The Labute approximate surface area is 153 Å². The standard InChI is InChI=1S/C11H13NO3.C8H12N2O/c1-15-11(14)10(12)6-8-2-4-9(7-13)5-3-8;1-4-5-11-8-6-7(2)9-10(8)3/h2-5,7,10H,6,12H2,1H3;4,6H,1,5H2,2-3H3. The number of aldehydes is 1. The summed E-state index contributed by atoms with van der Waals surface area (Å²) in [4.78, 5) is 21.4. The molecule has 0 fully saturated rings. The van der Waals surface area contributed by atoms with E-state index in [4.69, 9.17) is 10.5 Å². The summed E-state index contributed by atoms with van der Waals surface area (Å²) >= 11 is 0. The summed E-state index contributed by atoms with van der Waals surface area (Å²) in [6.45, 7) is 6.02. The molecule has 1 unspecified atom stereocenters. The van der Waals surface area contributed by atoms with Crippen molar-refractivity contribution in [3.63, 3.8) is 0 Å². The largest absolute Gasteiger partial charge is 0.474 e. The van der Waals surface area contributed by atoms with Gasteiger partial charge in [0.2, 0.25) is 5.88 Å². The van der Waals surface area contributed by atoms with Crippen molar-refractivity contribution in [2.24, 2.45) is 12.8 Å². The van der Waals surface area contributed by atoms with Crippen molar-refractivity contribution >= 4 is 12.3 Å². The van der Waals surface area contributed by atoms with E-state index in [1.165, 1.54) is 7.11 Å². The second-order valence-electron chi connectivity index (χ2n) is 5.54. The van der Waals surface area contributed by atoms with Crippen molar-refractivity contribution in [1.82, 2.24) is 9.78 Å². The van der Waals surface area contributed by atoms with Gasteiger partial charge in [0, 0.05) is 18.7 Å². The van der Waals surface area contributed by atoms with E-state index in [2.05, 4.69) is 16.4 Å². The number of aryl methyl sites for hydroxylation is 2. The van der Waals surface area contributed by atoms with E-state index in [1.54, 1.807) is 35.0 Å². The minimum Gasteiger partial charge on any atom is -0.474 e. The van der Waals surface area contributed by atoms with Gasteiger partial charge in [-0.1, -0.05) is 36.9 Å². The van der Waals surface area contributed by atoms with Crippen molar-refractivity contribution in [2.75, 3.05) is 13.7 Å². The zero-order valence-corrected chi connectivity index (χ0v) is 15.3. The lowest BCUT2D eigenvalue weighted by Crippen LogP contribution is -2.33. The van der Waals surface area contributed by atoms with Crippen molar-refractivity contribution < 1.29 is 19.1 Å². The lowest BCUT2D eigenvalue weighted by atomic mass is 10.1. The first-order valence-electron chi connectivity index (χ1n) is 8.03. The fourth-order valence-corrected chi connectivity index (χ4v) is 2.09. The summed E-state index contributed by atoms with van der Waals surface area (Å²) < 4.78 is 11.5. The number of hydrogen-bond donors (Lipinski definition) is 1. The van der Waals surface area contributed by atoms with Gasteiger partial charge in [0.15, 0.2) is 0 Å². The predicted molar refractivity (Wildman–Crippen MR) is 99.2 cm³/mol. The van der Waals surface area contributed by atoms with Crippen LogP contribution in [-0.2, 0) is 23.0 Å². The quantitative estimate of drug-likeness (QED) is 0.460. The highest BCUT2D eigenvalue weighted by molar-refractivity contribution is 5.76. The molecule has 26 heavy (non-hydrogen) atoms. The first kappa shape index (κ1) is 21.1. The molecule has 2 N–H and O–H groups in total. The average molecular weight is 359 g/mol. The summed E-state index contributed by atoms with van der Waals surface area (Å²) in [5.41, 5.74) is 8.05. The Balaban J connectivity index is 0.000000273. The van der Waals surface area contributed by atoms with Gasteiger partial charge >= 0.3 is 5.97 Å². The molecule has 0 radical (unpaired) electrons. The summed E-state index contributed by atoms with van der Waals surface area (Å²) in [7, 11) is 3.16. The third-order valence-corrected chi connectivity index (χ3v) is 3.38. The van der Waals surface area contributed by atoms with Gasteiger partial charge in [0.25, 0.3) is 0 Å². The Morgan fingerprint density at radius 2 is 2.04 bits per heavy atom. The Morgan fingerprint density at radius 1 is 1.38 bits per heavy atom. The van der Waals surface area contributed by atoms with Crippen LogP contribution in [0, 0.1) is 6.92 Å². The van der Waals surface area contributed by atoms with Crippen LogP contribution in [-0.4, -0.2) is 41.8 Å². The zero-order chi connectivity index (χ0) is 19.5. The molecule has 1 heterocycles. The number of carbonyl (C=O) groups is 2. The Bertz CT molecular complexity index is 723. The smallest absolute Gasteiger partial charge is 0.322 e. The van der Waals surface area contributed by atoms with Crippen LogP contribution in [0.25, 0.3) is 0 Å². The number of ether oxygens (including phenoxy) is 2. The van der Waals surface area contributed by atoms with Crippen LogP contribution in [0.1, 0.15) is 21.6 Å². The number of nitrogens with two attached hydrogens (primary N) is 1. The molecule has 2 rings (SSSR count). The third kappa shape index (κ3) is 6.90. The molecule has 1 aromatic heterocycles. The Hall–Kier alpha value is -2.93. The maximum absolute atomic E-state index is 11.0. The molecular weight excluding hydrogens is 334 g/mol. The lowest BCUT2D eigenvalue weighted by molar-refractivity contribution is -0.142. The van der Waals surface area contributed by atoms with Crippen molar-refractivity contribution in [1.29, 1.82) is 0 Å². The SMILES string of the molecule is C=CCOc1cc(C)nn1C.COC(=O)C(N)Cc1ccc(C=O)cc1. The summed E-state index contributed by atoms with van der Waals surface area (Å²) in [6, 6.07) is 8.15. The first-order chi connectivity index (χ1) is 12.4. The average Bonchev–Trinajstić information content (AvgIpc) is 2.97. The number of hydrogen-bond acceptors (Lipinski definition) is 6. The number of methoxy groups -OCH3 is 1. The molecule has 7 nitrogen and oxygen atoms in total. The minimum absolute atomic E-state index is 0.409. The number of aromatic nitrogens is 2. The molecule has 140 valence electrons. The van der Waals surface area contributed by atoms with Crippen molar-refractivity contribution in [3.8, 4) is 5.88 Å². The van der Waals surface area contributed by atoms with E-state index in [0.29, 0.717) is 18.6 Å². The van der Waals surface area contributed by atoms with E-state index in [-0.39, 0.29) is 0 Å². The molecule has 0 aliphatic heterocycles. The maximum Gasteiger partial charge on any atom is 0.322 e. The fraction of sp³-hybridized carbons (Fsp3) is 0.316. The van der Waals surface area contributed by atoms with Gasteiger partial charge in [-0.15, -0.1) is 0 Å². The summed E-state index contributed by atoms with van der Waals surface area (Å²) in [5, 5.41) is 4.12. The molecule has 0 saturated heterocycles. The van der Waals surface area contributed by atoms with Gasteiger partial charge in [-0.2, -0.15) is 5.10 Å². The van der Waals surface area contributed by atoms with Crippen LogP contribution in [0.5, 0.6) is 5.88 Å². The van der Waals surface area contributed by atoms with E-state index >= 15 is 0 Å². The van der Waals surface area contributed by atoms with Gasteiger partial charge in [0.1, 0.15) is 18.9 Å². The minimum atomic E-state index is -0.655.